The third-order valence-electron chi connectivity index (χ3n) is 3.44. The second-order valence-corrected chi connectivity index (χ2v) is 8.22. The van der Waals surface area contributed by atoms with Crippen LogP contribution < -0.4 is 8.48 Å². The summed E-state index contributed by atoms with van der Waals surface area (Å²) in [4.78, 5) is 4.53. The number of aromatic hydroxyl groups is 1. The van der Waals surface area contributed by atoms with E-state index in [4.69, 9.17) is 4.74 Å². The molecule has 0 saturated heterocycles. The molecule has 0 aromatic carbocycles. The van der Waals surface area contributed by atoms with Crippen LogP contribution in [0.25, 0.3) is 0 Å². The van der Waals surface area contributed by atoms with Gasteiger partial charge in [0.15, 0.2) is 0 Å². The molecule has 0 aliphatic rings. The van der Waals surface area contributed by atoms with E-state index in [2.05, 4.69) is 11.9 Å². The second kappa shape index (κ2) is 9.47. The number of methoxy groups -OCH3 is 1. The zero-order valence-corrected chi connectivity index (χ0v) is 15.5. The predicted octanol–water partition coefficient (Wildman–Crippen LogP) is 3.52. The van der Waals surface area contributed by atoms with Gasteiger partial charge in [0, 0.05) is 0 Å². The van der Waals surface area contributed by atoms with Gasteiger partial charge in [-0.2, -0.15) is 0 Å². The number of pyridine rings is 1. The molecule has 0 spiro atoms. The van der Waals surface area contributed by atoms with E-state index in [1.54, 1.807) is 7.11 Å². The van der Waals surface area contributed by atoms with E-state index in [0.717, 1.165) is 20.7 Å². The average molecular weight is 393 g/mol. The predicted molar refractivity (Wildman–Crippen MR) is 85.5 cm³/mol. The molecule has 0 atom stereocenters. The fraction of sp³-hybridized carbons (Fsp3) is 0.688. The fourth-order valence-electron chi connectivity index (χ4n) is 2.25. The summed E-state index contributed by atoms with van der Waals surface area (Å²) in [5.74, 6) is 1.08. The molecule has 0 fully saturated rings. The Kier molecular flexibility index (Phi) is 8.33. The quantitative estimate of drug-likeness (QED) is 0.516. The van der Waals surface area contributed by atoms with Crippen molar-refractivity contribution in [3.63, 3.8) is 0 Å². The van der Waals surface area contributed by atoms with Crippen molar-refractivity contribution >= 4 is 24.7 Å². The molecule has 0 amide bonds. The Labute approximate surface area is 133 Å². The summed E-state index contributed by atoms with van der Waals surface area (Å²) >= 11 is -0.379. The van der Waals surface area contributed by atoms with Crippen molar-refractivity contribution in [2.45, 2.75) is 63.8 Å². The van der Waals surface area contributed by atoms with Crippen molar-refractivity contribution in [1.82, 2.24) is 4.98 Å². The van der Waals surface area contributed by atoms with Crippen LogP contribution in [-0.2, 0) is 0 Å². The minimum atomic E-state index is -0.379. The van der Waals surface area contributed by atoms with E-state index >= 15 is 0 Å². The Bertz CT molecular complexity index is 421. The molecule has 0 bridgehead atoms. The van der Waals surface area contributed by atoms with Gasteiger partial charge in [-0.05, 0) is 0 Å². The Morgan fingerprint density at radius 2 is 1.75 bits per heavy atom. The molecule has 3 nitrogen and oxygen atoms in total. The van der Waals surface area contributed by atoms with Gasteiger partial charge in [-0.15, -0.1) is 0 Å². The third-order valence-corrected chi connectivity index (χ3v) is 6.44. The molecule has 0 aliphatic carbocycles. The second-order valence-electron chi connectivity index (χ2n) is 5.13. The van der Waals surface area contributed by atoms with Crippen molar-refractivity contribution in [1.29, 1.82) is 0 Å². The van der Waals surface area contributed by atoms with Gasteiger partial charge in [-0.25, -0.2) is 0 Å². The van der Waals surface area contributed by atoms with Crippen LogP contribution >= 0.6 is 0 Å². The van der Waals surface area contributed by atoms with E-state index in [9.17, 15) is 5.11 Å². The molecule has 0 unspecified atom stereocenters. The molecule has 1 rings (SSSR count). The number of ether oxygens (including phenoxy) is 1. The zero-order chi connectivity index (χ0) is 15.0. The van der Waals surface area contributed by atoms with Gasteiger partial charge in [0.25, 0.3) is 0 Å². The van der Waals surface area contributed by atoms with Gasteiger partial charge < -0.3 is 0 Å². The van der Waals surface area contributed by atoms with Crippen molar-refractivity contribution in [3.8, 4) is 11.5 Å². The summed E-state index contributed by atoms with van der Waals surface area (Å²) in [6.45, 7) is 6.10. The number of unbranched alkanes of at least 4 members (excludes halogenated alkanes) is 5. The van der Waals surface area contributed by atoms with Crippen LogP contribution in [0, 0.1) is 13.8 Å². The molecule has 1 aromatic rings. The molecule has 4 heteroatoms. The molecule has 0 radical (unpaired) electrons. The van der Waals surface area contributed by atoms with E-state index in [1.807, 2.05) is 13.8 Å². The van der Waals surface area contributed by atoms with Gasteiger partial charge in [-0.3, -0.25) is 0 Å². The summed E-state index contributed by atoms with van der Waals surface area (Å²) in [6, 6.07) is 0. The number of aryl methyl sites for hydroxylation is 1. The summed E-state index contributed by atoms with van der Waals surface area (Å²) in [7, 11) is 1.63. The van der Waals surface area contributed by atoms with Crippen LogP contribution in [0.5, 0.6) is 11.5 Å². The van der Waals surface area contributed by atoms with Crippen LogP contribution in [0.2, 0.25) is 4.47 Å². The first-order valence-electron chi connectivity index (χ1n) is 7.48. The number of aromatic nitrogens is 1. The van der Waals surface area contributed by atoms with Gasteiger partial charge in [-0.1, -0.05) is 0 Å². The van der Waals surface area contributed by atoms with Crippen molar-refractivity contribution in [3.05, 3.63) is 11.3 Å². The SMILES string of the molecule is CCCCCCCC[Te]c1nc(C)c(OC)c(C)c1O. The summed E-state index contributed by atoms with van der Waals surface area (Å²) in [5.41, 5.74) is 1.73. The van der Waals surface area contributed by atoms with Gasteiger partial charge >= 0.3 is 133 Å². The minimum absolute atomic E-state index is 0.362. The van der Waals surface area contributed by atoms with Crippen molar-refractivity contribution in [2.75, 3.05) is 7.11 Å². The standard InChI is InChI=1S/C16H27NO2Te/c1-5-6-7-8-9-10-11-20-16-14(18)12(2)15(19-4)13(3)17-16/h18H,5-11H2,1-4H3. The molecule has 0 saturated carbocycles. The van der Waals surface area contributed by atoms with Crippen LogP contribution in [0.4, 0.5) is 0 Å². The first-order valence-corrected chi connectivity index (χ1v) is 10.3. The van der Waals surface area contributed by atoms with Gasteiger partial charge in [0.2, 0.25) is 0 Å². The number of nitrogens with zero attached hydrogens (tertiary/aromatic N) is 1. The van der Waals surface area contributed by atoms with E-state index < -0.39 is 0 Å². The third kappa shape index (κ3) is 5.14. The zero-order valence-electron chi connectivity index (χ0n) is 13.2. The number of hydrogen-bond donors (Lipinski definition) is 1. The van der Waals surface area contributed by atoms with E-state index in [1.165, 1.54) is 43.0 Å². The topological polar surface area (TPSA) is 42.4 Å². The molecule has 1 aromatic heterocycles. The molecule has 0 aliphatic heterocycles. The number of rotatable bonds is 9. The molecular weight excluding hydrogens is 366 g/mol. The molecule has 20 heavy (non-hydrogen) atoms. The van der Waals surface area contributed by atoms with Gasteiger partial charge in [0.1, 0.15) is 0 Å². The van der Waals surface area contributed by atoms with E-state index in [0.29, 0.717) is 5.75 Å². The maximum absolute atomic E-state index is 10.2. The first-order chi connectivity index (χ1) is 9.61. The summed E-state index contributed by atoms with van der Waals surface area (Å²) in [6.07, 6.45) is 7.96. The monoisotopic (exact) mass is 395 g/mol. The van der Waals surface area contributed by atoms with Crippen molar-refractivity contribution in [2.24, 2.45) is 0 Å². The Balaban J connectivity index is 2.45. The molecular formula is C16H27NO2Te. The normalized spacial score (nSPS) is 10.8. The van der Waals surface area contributed by atoms with Crippen LogP contribution in [-0.4, -0.2) is 38.1 Å². The fourth-order valence-corrected chi connectivity index (χ4v) is 5.20. The Morgan fingerprint density at radius 3 is 2.40 bits per heavy atom. The maximum atomic E-state index is 10.2. The molecule has 114 valence electrons. The Hall–Kier alpha value is -0.460. The number of hydrogen-bond acceptors (Lipinski definition) is 3. The first kappa shape index (κ1) is 17.6. The molecule has 1 heterocycles. The van der Waals surface area contributed by atoms with Crippen molar-refractivity contribution < 1.29 is 9.84 Å². The van der Waals surface area contributed by atoms with E-state index in [-0.39, 0.29) is 20.9 Å². The van der Waals surface area contributed by atoms with Gasteiger partial charge in [0.05, 0.1) is 0 Å². The summed E-state index contributed by atoms with van der Waals surface area (Å²) in [5, 5.41) is 10.2. The average Bonchev–Trinajstić information content (AvgIpc) is 2.43. The summed E-state index contributed by atoms with van der Waals surface area (Å²) < 4.78 is 7.45. The van der Waals surface area contributed by atoms with Crippen LogP contribution in [0.15, 0.2) is 0 Å². The molecule has 1 N–H and O–H groups in total. The Morgan fingerprint density at radius 1 is 1.10 bits per heavy atom. The van der Waals surface area contributed by atoms with Crippen LogP contribution in [0.3, 0.4) is 0 Å². The van der Waals surface area contributed by atoms with Crippen LogP contribution in [0.1, 0.15) is 56.7 Å².